The Morgan fingerprint density at radius 1 is 0.963 bits per heavy atom. The van der Waals surface area contributed by atoms with Crippen molar-refractivity contribution in [1.29, 1.82) is 0 Å². The fraction of sp³-hybridized carbons (Fsp3) is 0.463. The summed E-state index contributed by atoms with van der Waals surface area (Å²) in [7, 11) is 3.57. The maximum absolute atomic E-state index is 13.0. The van der Waals surface area contributed by atoms with Gasteiger partial charge in [0.1, 0.15) is 23.7 Å². The van der Waals surface area contributed by atoms with Crippen molar-refractivity contribution in [2.45, 2.75) is 69.7 Å². The third kappa shape index (κ3) is 8.73. The van der Waals surface area contributed by atoms with Gasteiger partial charge in [-0.05, 0) is 86.7 Å². The number of carbonyl (C=O) groups is 4. The fourth-order valence-electron chi connectivity index (χ4n) is 7.83. The molecule has 0 radical (unpaired) electrons. The van der Waals surface area contributed by atoms with Gasteiger partial charge in [-0.15, -0.1) is 0 Å². The van der Waals surface area contributed by atoms with E-state index in [1.54, 1.807) is 37.3 Å². The molecule has 1 aliphatic carbocycles. The van der Waals surface area contributed by atoms with Crippen molar-refractivity contribution in [2.24, 2.45) is 0 Å². The van der Waals surface area contributed by atoms with Crippen LogP contribution in [0.5, 0.6) is 5.75 Å². The van der Waals surface area contributed by atoms with Gasteiger partial charge < -0.3 is 24.4 Å². The van der Waals surface area contributed by atoms with Gasteiger partial charge in [0.2, 0.25) is 17.8 Å². The number of rotatable bonds is 14. The van der Waals surface area contributed by atoms with E-state index in [2.05, 4.69) is 54.2 Å². The second-order valence-corrected chi connectivity index (χ2v) is 14.9. The van der Waals surface area contributed by atoms with Crippen molar-refractivity contribution in [1.82, 2.24) is 29.7 Å². The molecule has 7 rings (SSSR count). The molecule has 2 saturated heterocycles. The average molecular weight is 735 g/mol. The Bertz CT molecular complexity index is 1980. The molecule has 1 saturated carbocycles. The van der Waals surface area contributed by atoms with Crippen LogP contribution in [0.4, 0.5) is 17.3 Å². The van der Waals surface area contributed by atoms with E-state index in [1.165, 1.54) is 5.69 Å². The Morgan fingerprint density at radius 2 is 1.74 bits per heavy atom. The summed E-state index contributed by atoms with van der Waals surface area (Å²) in [6.07, 6.45) is 9.24. The van der Waals surface area contributed by atoms with Crippen LogP contribution < -0.4 is 20.3 Å². The topological polar surface area (TPSA) is 142 Å². The first-order valence-corrected chi connectivity index (χ1v) is 19.2. The van der Waals surface area contributed by atoms with Gasteiger partial charge in [0.05, 0.1) is 5.92 Å². The van der Waals surface area contributed by atoms with Crippen LogP contribution in [0, 0.1) is 0 Å². The fourth-order valence-corrected chi connectivity index (χ4v) is 7.83. The molecule has 2 aromatic carbocycles. The zero-order valence-corrected chi connectivity index (χ0v) is 31.3. The summed E-state index contributed by atoms with van der Waals surface area (Å²) in [6.45, 7) is 4.76. The molecule has 1 atom stereocenters. The number of carbonyl (C=O) groups excluding carboxylic acids is 4. The number of nitrogens with one attached hydrogen (secondary N) is 2. The number of aromatic nitrogens is 3. The summed E-state index contributed by atoms with van der Waals surface area (Å²) in [4.78, 5) is 65.3. The molecule has 284 valence electrons. The summed E-state index contributed by atoms with van der Waals surface area (Å²) < 4.78 is 7.89. The van der Waals surface area contributed by atoms with Crippen LogP contribution in [0.25, 0.3) is 11.0 Å². The van der Waals surface area contributed by atoms with Crippen LogP contribution in [0.1, 0.15) is 85.8 Å². The number of imide groups is 1. The highest BCUT2D eigenvalue weighted by atomic mass is 16.5. The van der Waals surface area contributed by atoms with Crippen molar-refractivity contribution in [2.75, 3.05) is 63.6 Å². The lowest BCUT2D eigenvalue weighted by Gasteiger charge is -2.36. The van der Waals surface area contributed by atoms with E-state index in [0.717, 1.165) is 93.5 Å². The Kier molecular flexibility index (Phi) is 11.5. The van der Waals surface area contributed by atoms with Gasteiger partial charge in [-0.3, -0.25) is 29.4 Å². The average Bonchev–Trinajstić information content (AvgIpc) is 3.84. The number of unbranched alkanes of at least 4 members (excludes halogenated alkanes) is 1. The van der Waals surface area contributed by atoms with Crippen molar-refractivity contribution in [3.8, 4) is 5.75 Å². The molecular formula is C41H50N8O5. The maximum Gasteiger partial charge on any atom is 0.270 e. The van der Waals surface area contributed by atoms with E-state index in [9.17, 15) is 19.2 Å². The number of benzene rings is 2. The van der Waals surface area contributed by atoms with Gasteiger partial charge in [-0.1, -0.05) is 25.0 Å². The Hall–Kier alpha value is -5.30. The minimum atomic E-state index is -0.382. The smallest absolute Gasteiger partial charge is 0.270 e. The van der Waals surface area contributed by atoms with Crippen molar-refractivity contribution >= 4 is 51.9 Å². The number of Topliss-reactive ketones (excluding diaryl/α,β-unsaturated/α-hetero) is 1. The molecule has 3 amide bonds. The zero-order chi connectivity index (χ0) is 37.6. The number of anilines is 3. The van der Waals surface area contributed by atoms with Gasteiger partial charge in [0.15, 0.2) is 5.78 Å². The Labute approximate surface area is 316 Å². The molecule has 4 heterocycles. The number of hydrogen-bond donors (Lipinski definition) is 2. The minimum absolute atomic E-state index is 0.00267. The molecular weight excluding hydrogens is 685 g/mol. The van der Waals surface area contributed by atoms with E-state index in [0.29, 0.717) is 36.7 Å². The first-order valence-electron chi connectivity index (χ1n) is 19.2. The molecule has 0 spiro atoms. The lowest BCUT2D eigenvalue weighted by molar-refractivity contribution is -0.134. The monoisotopic (exact) mass is 734 g/mol. The van der Waals surface area contributed by atoms with Crippen molar-refractivity contribution in [3.05, 3.63) is 72.1 Å². The van der Waals surface area contributed by atoms with Crippen molar-refractivity contribution in [3.63, 3.8) is 0 Å². The number of amides is 3. The van der Waals surface area contributed by atoms with Crippen LogP contribution in [-0.2, 0) is 14.4 Å². The van der Waals surface area contributed by atoms with Crippen molar-refractivity contribution < 1.29 is 23.9 Å². The molecule has 4 aromatic rings. The summed E-state index contributed by atoms with van der Waals surface area (Å²) in [5.74, 6) is 0.194. The van der Waals surface area contributed by atoms with Crippen LogP contribution >= 0.6 is 0 Å². The largest absolute Gasteiger partial charge is 0.486 e. The highest BCUT2D eigenvalue weighted by Gasteiger charge is 2.29. The number of hydrogen-bond acceptors (Lipinski definition) is 10. The first kappa shape index (κ1) is 37.0. The lowest BCUT2D eigenvalue weighted by atomic mass is 9.90. The molecule has 54 heavy (non-hydrogen) atoms. The summed E-state index contributed by atoms with van der Waals surface area (Å²) in [5.41, 5.74) is 4.33. The first-order chi connectivity index (χ1) is 26.2. The van der Waals surface area contributed by atoms with E-state index in [4.69, 9.17) is 9.72 Å². The molecule has 2 aromatic heterocycles. The summed E-state index contributed by atoms with van der Waals surface area (Å²) >= 11 is 0. The standard InChI is InChI=1S/C41H50N8O5/c1-46(2)40(53)36-25-29-26-42-41(45-38(29)49(36)32-9-3-4-10-32)43-30-13-15-31(16-14-30)48-22-20-47(21-23-48)19-6-5-11-33(50)27-54-34-12-7-8-28(24-34)35-17-18-37(51)44-39(35)52/h7-8,12-16,24-26,32,35H,3-6,9-11,17-23,27H2,1-2H3,(H,42,43,45)(H,44,51,52). The molecule has 0 bridgehead atoms. The van der Waals surface area contributed by atoms with E-state index in [-0.39, 0.29) is 42.1 Å². The van der Waals surface area contributed by atoms with E-state index < -0.39 is 0 Å². The molecule has 13 nitrogen and oxygen atoms in total. The number of ketones is 1. The van der Waals surface area contributed by atoms with Gasteiger partial charge >= 0.3 is 0 Å². The van der Waals surface area contributed by atoms with Gasteiger partial charge in [0.25, 0.3) is 5.91 Å². The number of piperazine rings is 1. The van der Waals surface area contributed by atoms with Crippen LogP contribution in [0.3, 0.4) is 0 Å². The van der Waals surface area contributed by atoms with E-state index in [1.807, 2.05) is 18.2 Å². The highest BCUT2D eigenvalue weighted by molar-refractivity contribution is 6.01. The van der Waals surface area contributed by atoms with Crippen LogP contribution in [-0.4, -0.2) is 101 Å². The predicted octanol–water partition coefficient (Wildman–Crippen LogP) is 5.45. The summed E-state index contributed by atoms with van der Waals surface area (Å²) in [5, 5.41) is 6.64. The number of piperidine rings is 1. The number of nitrogens with zero attached hydrogens (tertiary/aromatic N) is 6. The molecule has 2 N–H and O–H groups in total. The minimum Gasteiger partial charge on any atom is -0.486 e. The highest BCUT2D eigenvalue weighted by Crippen LogP contribution is 2.35. The molecule has 3 fully saturated rings. The molecule has 1 unspecified atom stereocenters. The van der Waals surface area contributed by atoms with Crippen LogP contribution in [0.15, 0.2) is 60.8 Å². The number of fused-ring (bicyclic) bond motifs is 1. The maximum atomic E-state index is 13.0. The zero-order valence-electron chi connectivity index (χ0n) is 31.3. The van der Waals surface area contributed by atoms with Crippen LogP contribution in [0.2, 0.25) is 0 Å². The summed E-state index contributed by atoms with van der Waals surface area (Å²) in [6, 6.07) is 17.8. The third-order valence-corrected chi connectivity index (χ3v) is 10.8. The molecule has 3 aliphatic rings. The Balaban J connectivity index is 0.836. The Morgan fingerprint density at radius 3 is 2.48 bits per heavy atom. The normalized spacial score (nSPS) is 18.2. The quantitative estimate of drug-likeness (QED) is 0.127. The second-order valence-electron chi connectivity index (χ2n) is 14.9. The van der Waals surface area contributed by atoms with E-state index >= 15 is 0 Å². The third-order valence-electron chi connectivity index (χ3n) is 10.8. The molecule has 13 heteroatoms. The number of ether oxygens (including phenoxy) is 1. The second kappa shape index (κ2) is 16.8. The molecule has 2 aliphatic heterocycles. The van der Waals surface area contributed by atoms with Gasteiger partial charge in [0, 0.05) is 82.1 Å². The van der Waals surface area contributed by atoms with Gasteiger partial charge in [-0.2, -0.15) is 4.98 Å². The van der Waals surface area contributed by atoms with Gasteiger partial charge in [-0.25, -0.2) is 4.98 Å². The SMILES string of the molecule is CN(C)C(=O)c1cc2cnc(Nc3ccc(N4CCN(CCCCC(=O)COc5cccc(C6CCC(=O)NC6=O)c5)CC4)cc3)nc2n1C1CCCC1. The lowest BCUT2D eigenvalue weighted by Crippen LogP contribution is -2.46. The predicted molar refractivity (Wildman–Crippen MR) is 207 cm³/mol.